The minimum atomic E-state index is -0.0370. The molecule has 0 aromatic carbocycles. The van der Waals surface area contributed by atoms with Gasteiger partial charge in [0.1, 0.15) is 7.11 Å². The maximum atomic E-state index is 7.21. The second kappa shape index (κ2) is 36.6. The Hall–Kier alpha value is 1.46. The van der Waals surface area contributed by atoms with E-state index < -0.39 is 0 Å². The van der Waals surface area contributed by atoms with Crippen LogP contribution in [0.1, 0.15) is 12.8 Å². The van der Waals surface area contributed by atoms with Gasteiger partial charge in [-0.25, -0.2) is 0 Å². The van der Waals surface area contributed by atoms with Crippen molar-refractivity contribution in [3.8, 4) is 0 Å². The molecule has 8 heteroatoms. The van der Waals surface area contributed by atoms with E-state index in [2.05, 4.69) is 50.4 Å². The molecular weight excluding hydrogens is 330 g/mol. The summed E-state index contributed by atoms with van der Waals surface area (Å²) in [5.74, 6) is 0. The molecule has 4 nitrogen and oxygen atoms in total. The van der Waals surface area contributed by atoms with Crippen molar-refractivity contribution in [1.82, 2.24) is 0 Å². The van der Waals surface area contributed by atoms with Crippen molar-refractivity contribution in [2.24, 2.45) is 11.5 Å². The summed E-state index contributed by atoms with van der Waals surface area (Å²) in [6, 6.07) is 0. The van der Waals surface area contributed by atoms with E-state index in [1.807, 2.05) is 0 Å². The molecular formula is C6H20Cl2Cu2N2O2+2. The van der Waals surface area contributed by atoms with Crippen molar-refractivity contribution in [2.45, 2.75) is 18.9 Å². The van der Waals surface area contributed by atoms with Crippen LogP contribution in [0, 0.1) is 0 Å². The van der Waals surface area contributed by atoms with E-state index in [-0.39, 0.29) is 6.10 Å². The Morgan fingerprint density at radius 1 is 1.00 bits per heavy atom. The van der Waals surface area contributed by atoms with Crippen molar-refractivity contribution in [2.75, 3.05) is 20.2 Å². The molecule has 0 aliphatic carbocycles. The quantitative estimate of drug-likeness (QED) is 0.528. The van der Waals surface area contributed by atoms with Gasteiger partial charge in [-0.05, 0) is 13.1 Å². The molecule has 0 spiro atoms. The van der Waals surface area contributed by atoms with Gasteiger partial charge in [-0.15, -0.1) is 0 Å². The second-order valence-corrected chi connectivity index (χ2v) is 1.85. The summed E-state index contributed by atoms with van der Waals surface area (Å²) >= 11 is 7.32. The molecule has 0 unspecified atom stereocenters. The van der Waals surface area contributed by atoms with E-state index in [1.165, 1.54) is 7.11 Å². The summed E-state index contributed by atoms with van der Waals surface area (Å²) in [7, 11) is 9.65. The van der Waals surface area contributed by atoms with Crippen LogP contribution in [0.25, 0.3) is 0 Å². The molecule has 0 aromatic heterocycles. The van der Waals surface area contributed by atoms with Gasteiger partial charge in [0, 0.05) is 12.8 Å². The Labute approximate surface area is 111 Å². The Bertz CT molecular complexity index is 63.1. The fraction of sp³-hybridized carbons (Fsp3) is 1.00. The van der Waals surface area contributed by atoms with Gasteiger partial charge in [0.15, 0.2) is 6.10 Å². The average Bonchev–Trinajstić information content (AvgIpc) is 2.27. The van der Waals surface area contributed by atoms with Crippen molar-refractivity contribution < 1.29 is 40.4 Å². The zero-order valence-corrected chi connectivity index (χ0v) is 11.3. The monoisotopic (exact) mass is 348 g/mol. The van der Waals surface area contributed by atoms with Crippen LogP contribution in [-0.2, 0) is 30.2 Å². The molecule has 0 aliphatic rings. The maximum absolute atomic E-state index is 7.21. The third kappa shape index (κ3) is 37.6. The third-order valence-electron chi connectivity index (χ3n) is 1.03. The average molecular weight is 350 g/mol. The van der Waals surface area contributed by atoms with Crippen LogP contribution in [-0.4, -0.2) is 36.5 Å². The Kier molecular flexibility index (Phi) is 64.4. The first-order valence-corrected chi connectivity index (χ1v) is 6.24. The molecule has 0 rings (SSSR count). The zero-order valence-electron chi connectivity index (χ0n) is 7.92. The van der Waals surface area contributed by atoms with Crippen molar-refractivity contribution in [3.05, 3.63) is 0 Å². The minimum absolute atomic E-state index is 0.0370. The van der Waals surface area contributed by atoms with Crippen LogP contribution in [0.2, 0.25) is 0 Å². The van der Waals surface area contributed by atoms with Gasteiger partial charge in [0.05, 0.1) is 0 Å². The van der Waals surface area contributed by atoms with Gasteiger partial charge in [-0.1, -0.05) is 0 Å². The van der Waals surface area contributed by atoms with Crippen molar-refractivity contribution in [3.63, 3.8) is 0 Å². The number of halogens is 2. The molecule has 0 amide bonds. The summed E-state index contributed by atoms with van der Waals surface area (Å²) < 4.78 is 0. The van der Waals surface area contributed by atoms with Crippen LogP contribution in [0.3, 0.4) is 0 Å². The molecule has 8 N–H and O–H groups in total. The number of nitrogens with two attached hydrogens (primary N) is 2. The normalized spacial score (nSPS) is 7.43. The molecule has 100 valence electrons. The summed E-state index contributed by atoms with van der Waals surface area (Å²) in [5.41, 5.74) is 10.4. The fourth-order valence-corrected chi connectivity index (χ4v) is 0.547. The van der Waals surface area contributed by atoms with Crippen LogP contribution in [0.15, 0.2) is 0 Å². The van der Waals surface area contributed by atoms with Crippen LogP contribution in [0.5, 0.6) is 0 Å². The number of rotatable bonds is 4. The molecule has 14 heavy (non-hydrogen) atoms. The zero-order chi connectivity index (χ0) is 12.4. The standard InChI is InChI=1S/C5H14N2O.CH4O.2ClH.2Cu/c6-3-1-5(8)2-4-7;1-2;;;;/h5,8H,1-4,6-7H2;2H,1H3;2*1H;;/q;;;;2*+1. The first-order chi connectivity index (χ1) is 6.81. The number of hydrogen-bond donors (Lipinski definition) is 2. The predicted molar refractivity (Wildman–Crippen MR) is 56.0 cm³/mol. The van der Waals surface area contributed by atoms with Gasteiger partial charge in [0.25, 0.3) is 0 Å². The van der Waals surface area contributed by atoms with E-state index in [4.69, 9.17) is 21.7 Å². The Balaban J connectivity index is -0.0000000708. The topological polar surface area (TPSA) is 97.8 Å². The molecule has 0 fully saturated rings. The fourth-order valence-electron chi connectivity index (χ4n) is 0.547. The Morgan fingerprint density at radius 3 is 1.36 bits per heavy atom. The Morgan fingerprint density at radius 2 is 1.21 bits per heavy atom. The molecule has 0 atom stereocenters. The van der Waals surface area contributed by atoms with Gasteiger partial charge < -0.3 is 21.7 Å². The molecule has 0 saturated carbocycles. The summed E-state index contributed by atoms with van der Waals surface area (Å²) in [4.78, 5) is 0. The third-order valence-corrected chi connectivity index (χ3v) is 1.03. The molecule has 0 radical (unpaired) electrons. The summed E-state index contributed by atoms with van der Waals surface area (Å²) in [5, 5.41) is 13.0. The SMILES string of the molecule is C[OH2+].NCCC([OH2+])CCN.[Cl][Cu].[Cl][Cu]. The van der Waals surface area contributed by atoms with E-state index in [0.717, 1.165) is 12.8 Å². The van der Waals surface area contributed by atoms with Crippen LogP contribution < -0.4 is 11.5 Å². The second-order valence-electron chi connectivity index (χ2n) is 1.85. The molecule has 0 aromatic rings. The first kappa shape index (κ1) is 24.6. The summed E-state index contributed by atoms with van der Waals surface area (Å²) in [6.07, 6.45) is 1.51. The van der Waals surface area contributed by atoms with E-state index in [0.29, 0.717) is 13.1 Å². The van der Waals surface area contributed by atoms with Crippen molar-refractivity contribution in [1.29, 1.82) is 0 Å². The first-order valence-electron chi connectivity index (χ1n) is 3.65. The van der Waals surface area contributed by atoms with E-state index in [1.54, 1.807) is 0 Å². The molecule has 0 aliphatic heterocycles. The number of hydrogen-bond acceptors (Lipinski definition) is 2. The van der Waals surface area contributed by atoms with Gasteiger partial charge >= 0.3 is 50.4 Å². The summed E-state index contributed by atoms with van der Waals surface area (Å²) in [6.45, 7) is 1.21. The van der Waals surface area contributed by atoms with E-state index >= 15 is 0 Å². The predicted octanol–water partition coefficient (Wildman–Crippen LogP) is -0.508. The van der Waals surface area contributed by atoms with Gasteiger partial charge in [-0.2, -0.15) is 0 Å². The van der Waals surface area contributed by atoms with Gasteiger partial charge in [-0.3, -0.25) is 0 Å². The molecule has 0 bridgehead atoms. The molecule has 0 saturated heterocycles. The van der Waals surface area contributed by atoms with Crippen LogP contribution >= 0.6 is 20.2 Å². The van der Waals surface area contributed by atoms with E-state index in [9.17, 15) is 0 Å². The van der Waals surface area contributed by atoms with Crippen molar-refractivity contribution >= 4 is 20.2 Å². The molecule has 0 heterocycles. The van der Waals surface area contributed by atoms with Crippen LogP contribution in [0.4, 0.5) is 0 Å². The van der Waals surface area contributed by atoms with Gasteiger partial charge in [0.2, 0.25) is 0 Å².